The summed E-state index contributed by atoms with van der Waals surface area (Å²) in [5.74, 6) is 1.17. The summed E-state index contributed by atoms with van der Waals surface area (Å²) in [6, 6.07) is 19.6. The van der Waals surface area contributed by atoms with Gasteiger partial charge in [-0.3, -0.25) is 9.55 Å². The van der Waals surface area contributed by atoms with Crippen LogP contribution in [0, 0.1) is 0 Å². The number of fused-ring (bicyclic) bond motifs is 1. The molecule has 0 N–H and O–H groups in total. The lowest BCUT2D eigenvalue weighted by atomic mass is 9.99. The number of benzene rings is 2. The third kappa shape index (κ3) is 3.76. The second-order valence-electron chi connectivity index (χ2n) is 7.31. The standard InChI is InChI=1S/C24H23N3O2/c1-16(2)17-7-9-18(10-8-17)23-21-14-20(29-3)11-12-22(21)27(24(28)26-23)15-19-6-4-5-13-25-19/h4-14,16H,15H2,1-3H3. The van der Waals surface area contributed by atoms with Gasteiger partial charge in [-0.25, -0.2) is 4.79 Å². The van der Waals surface area contributed by atoms with E-state index in [1.54, 1.807) is 17.9 Å². The molecule has 0 aliphatic carbocycles. The minimum Gasteiger partial charge on any atom is -0.497 e. The molecule has 29 heavy (non-hydrogen) atoms. The average Bonchev–Trinajstić information content (AvgIpc) is 2.76. The Morgan fingerprint density at radius 3 is 2.48 bits per heavy atom. The number of methoxy groups -OCH3 is 1. The molecule has 5 heteroatoms. The maximum atomic E-state index is 13.0. The fraction of sp³-hybridized carbons (Fsp3) is 0.208. The van der Waals surface area contributed by atoms with E-state index < -0.39 is 0 Å². The van der Waals surface area contributed by atoms with Crippen LogP contribution >= 0.6 is 0 Å². The van der Waals surface area contributed by atoms with Gasteiger partial charge in [0.25, 0.3) is 0 Å². The van der Waals surface area contributed by atoms with Gasteiger partial charge in [-0.15, -0.1) is 0 Å². The first-order chi connectivity index (χ1) is 14.1. The van der Waals surface area contributed by atoms with Gasteiger partial charge in [-0.2, -0.15) is 4.98 Å². The highest BCUT2D eigenvalue weighted by Crippen LogP contribution is 2.29. The summed E-state index contributed by atoms with van der Waals surface area (Å²) in [7, 11) is 1.63. The molecule has 4 rings (SSSR count). The Kier molecular flexibility index (Phi) is 5.12. The minimum absolute atomic E-state index is 0.295. The quantitative estimate of drug-likeness (QED) is 0.502. The van der Waals surface area contributed by atoms with Gasteiger partial charge in [0.2, 0.25) is 0 Å². The van der Waals surface area contributed by atoms with Crippen molar-refractivity contribution in [3.8, 4) is 17.0 Å². The number of hydrogen-bond donors (Lipinski definition) is 0. The maximum absolute atomic E-state index is 13.0. The molecule has 0 fully saturated rings. The van der Waals surface area contributed by atoms with Gasteiger partial charge in [0.1, 0.15) is 5.75 Å². The molecule has 0 unspecified atom stereocenters. The topological polar surface area (TPSA) is 57.0 Å². The Labute approximate surface area is 169 Å². The zero-order valence-electron chi connectivity index (χ0n) is 16.8. The summed E-state index contributed by atoms with van der Waals surface area (Å²) in [4.78, 5) is 21.7. The molecule has 0 aliphatic rings. The lowest BCUT2D eigenvalue weighted by molar-refractivity contribution is 0.415. The molecule has 0 aliphatic heterocycles. The van der Waals surface area contributed by atoms with Gasteiger partial charge < -0.3 is 4.74 Å². The van der Waals surface area contributed by atoms with Gasteiger partial charge in [-0.05, 0) is 41.8 Å². The van der Waals surface area contributed by atoms with Crippen LogP contribution in [0.5, 0.6) is 5.75 Å². The highest BCUT2D eigenvalue weighted by Gasteiger charge is 2.14. The second kappa shape index (κ2) is 7.87. The summed E-state index contributed by atoms with van der Waals surface area (Å²) in [6.45, 7) is 4.68. The van der Waals surface area contributed by atoms with E-state index in [-0.39, 0.29) is 5.69 Å². The number of hydrogen-bond acceptors (Lipinski definition) is 4. The molecular weight excluding hydrogens is 362 g/mol. The summed E-state index contributed by atoms with van der Waals surface area (Å²) in [6.07, 6.45) is 1.73. The van der Waals surface area contributed by atoms with Crippen LogP contribution in [0.15, 0.2) is 71.7 Å². The summed E-state index contributed by atoms with van der Waals surface area (Å²) < 4.78 is 7.08. The SMILES string of the molecule is COc1ccc2c(c1)c(-c1ccc(C(C)C)cc1)nc(=O)n2Cc1ccccn1. The lowest BCUT2D eigenvalue weighted by Gasteiger charge is -2.14. The molecular formula is C24H23N3O2. The number of ether oxygens (including phenoxy) is 1. The Morgan fingerprint density at radius 1 is 1.03 bits per heavy atom. The summed E-state index contributed by atoms with van der Waals surface area (Å²) >= 11 is 0. The second-order valence-corrected chi connectivity index (χ2v) is 7.31. The molecule has 0 bridgehead atoms. The highest BCUT2D eigenvalue weighted by atomic mass is 16.5. The molecule has 2 heterocycles. The molecule has 0 saturated carbocycles. The molecule has 0 spiro atoms. The fourth-order valence-electron chi connectivity index (χ4n) is 3.44. The van der Waals surface area contributed by atoms with Gasteiger partial charge in [-0.1, -0.05) is 44.2 Å². The number of pyridine rings is 1. The van der Waals surface area contributed by atoms with Crippen LogP contribution in [0.25, 0.3) is 22.2 Å². The predicted octanol–water partition coefficient (Wildman–Crippen LogP) is 4.64. The predicted molar refractivity (Wildman–Crippen MR) is 115 cm³/mol. The third-order valence-corrected chi connectivity index (χ3v) is 5.09. The fourth-order valence-corrected chi connectivity index (χ4v) is 3.44. The van der Waals surface area contributed by atoms with E-state index in [0.29, 0.717) is 18.2 Å². The van der Waals surface area contributed by atoms with Gasteiger partial charge in [0.15, 0.2) is 0 Å². The first-order valence-corrected chi connectivity index (χ1v) is 9.65. The first kappa shape index (κ1) is 18.9. The minimum atomic E-state index is -0.295. The normalized spacial score (nSPS) is 11.2. The van der Waals surface area contributed by atoms with E-state index in [1.165, 1.54) is 5.56 Å². The van der Waals surface area contributed by atoms with E-state index in [0.717, 1.165) is 27.9 Å². The summed E-state index contributed by atoms with van der Waals surface area (Å²) in [5.41, 5.74) is 4.14. The van der Waals surface area contributed by atoms with Crippen LogP contribution in [0.4, 0.5) is 0 Å². The molecule has 0 radical (unpaired) electrons. The Morgan fingerprint density at radius 2 is 1.83 bits per heavy atom. The molecule has 0 atom stereocenters. The smallest absolute Gasteiger partial charge is 0.348 e. The van der Waals surface area contributed by atoms with Crippen LogP contribution in [0.2, 0.25) is 0 Å². The average molecular weight is 385 g/mol. The largest absolute Gasteiger partial charge is 0.497 e. The first-order valence-electron chi connectivity index (χ1n) is 9.65. The molecule has 0 amide bonds. The van der Waals surface area contributed by atoms with E-state index >= 15 is 0 Å². The number of aromatic nitrogens is 3. The van der Waals surface area contributed by atoms with Crippen LogP contribution in [0.3, 0.4) is 0 Å². The van der Waals surface area contributed by atoms with E-state index in [2.05, 4.69) is 35.9 Å². The monoisotopic (exact) mass is 385 g/mol. The maximum Gasteiger partial charge on any atom is 0.348 e. The van der Waals surface area contributed by atoms with Crippen molar-refractivity contribution in [2.45, 2.75) is 26.3 Å². The summed E-state index contributed by atoms with van der Waals surface area (Å²) in [5, 5.41) is 0.872. The van der Waals surface area contributed by atoms with Crippen LogP contribution in [-0.4, -0.2) is 21.6 Å². The van der Waals surface area contributed by atoms with Crippen molar-refractivity contribution in [3.63, 3.8) is 0 Å². The Balaban J connectivity index is 1.91. The number of nitrogens with zero attached hydrogens (tertiary/aromatic N) is 3. The van der Waals surface area contributed by atoms with E-state index in [1.807, 2.05) is 48.5 Å². The van der Waals surface area contributed by atoms with Gasteiger partial charge in [0, 0.05) is 17.1 Å². The van der Waals surface area contributed by atoms with Gasteiger partial charge in [0.05, 0.1) is 30.6 Å². The molecule has 2 aromatic heterocycles. The van der Waals surface area contributed by atoms with Gasteiger partial charge >= 0.3 is 5.69 Å². The zero-order valence-corrected chi connectivity index (χ0v) is 16.8. The van der Waals surface area contributed by atoms with Crippen molar-refractivity contribution in [3.05, 3.63) is 88.6 Å². The molecule has 5 nitrogen and oxygen atoms in total. The Hall–Kier alpha value is -3.47. The van der Waals surface area contributed by atoms with Crippen molar-refractivity contribution in [1.82, 2.24) is 14.5 Å². The molecule has 146 valence electrons. The Bertz CT molecular complexity index is 1200. The van der Waals surface area contributed by atoms with Crippen LogP contribution < -0.4 is 10.4 Å². The van der Waals surface area contributed by atoms with Crippen molar-refractivity contribution in [1.29, 1.82) is 0 Å². The van der Waals surface area contributed by atoms with E-state index in [4.69, 9.17) is 4.74 Å². The lowest BCUT2D eigenvalue weighted by Crippen LogP contribution is -2.25. The van der Waals surface area contributed by atoms with Crippen molar-refractivity contribution >= 4 is 10.9 Å². The molecule has 4 aromatic rings. The van der Waals surface area contributed by atoms with Crippen molar-refractivity contribution in [2.75, 3.05) is 7.11 Å². The third-order valence-electron chi connectivity index (χ3n) is 5.09. The zero-order chi connectivity index (χ0) is 20.4. The number of rotatable bonds is 5. The molecule has 2 aromatic carbocycles. The van der Waals surface area contributed by atoms with Crippen LogP contribution in [0.1, 0.15) is 31.0 Å². The molecule has 0 saturated heterocycles. The van der Waals surface area contributed by atoms with Crippen molar-refractivity contribution in [2.24, 2.45) is 0 Å². The highest BCUT2D eigenvalue weighted by molar-refractivity contribution is 5.93. The van der Waals surface area contributed by atoms with Crippen molar-refractivity contribution < 1.29 is 4.74 Å². The van der Waals surface area contributed by atoms with E-state index in [9.17, 15) is 4.79 Å². The van der Waals surface area contributed by atoms with Crippen LogP contribution in [-0.2, 0) is 6.54 Å².